The summed E-state index contributed by atoms with van der Waals surface area (Å²) in [6.07, 6.45) is 0.979. The Morgan fingerprint density at radius 2 is 1.89 bits per heavy atom. The summed E-state index contributed by atoms with van der Waals surface area (Å²) >= 11 is 0. The normalized spacial score (nSPS) is 12.6. The van der Waals surface area contributed by atoms with Crippen molar-refractivity contribution in [2.75, 3.05) is 27.2 Å². The first kappa shape index (κ1) is 20.6. The van der Waals surface area contributed by atoms with Crippen molar-refractivity contribution in [1.82, 2.24) is 20.4 Å². The molecule has 0 radical (unpaired) electrons. The van der Waals surface area contributed by atoms with Crippen LogP contribution in [0.2, 0.25) is 0 Å². The summed E-state index contributed by atoms with van der Waals surface area (Å²) in [4.78, 5) is 4.26. The second kappa shape index (κ2) is 10.4. The highest BCUT2D eigenvalue weighted by molar-refractivity contribution is 5.79. The topological polar surface area (TPSA) is 72.7 Å². The van der Waals surface area contributed by atoms with Crippen LogP contribution in [0.1, 0.15) is 24.7 Å². The number of nitrogens with zero attached hydrogens (tertiary/aromatic N) is 3. The number of hydrogen-bond donors (Lipinski definition) is 2. The Morgan fingerprint density at radius 1 is 1.19 bits per heavy atom. The van der Waals surface area contributed by atoms with Gasteiger partial charge in [-0.2, -0.15) is 5.10 Å². The first-order chi connectivity index (χ1) is 13.0. The maximum absolute atomic E-state index is 5.90. The average Bonchev–Trinajstić information content (AvgIpc) is 2.99. The number of hydrogen-bond acceptors (Lipinski definition) is 4. The van der Waals surface area contributed by atoms with Crippen LogP contribution in [0.4, 0.5) is 0 Å². The molecule has 1 aromatic carbocycles. The van der Waals surface area contributed by atoms with Gasteiger partial charge in [-0.05, 0) is 57.5 Å². The quantitative estimate of drug-likeness (QED) is 0.401. The Kier molecular flexibility index (Phi) is 7.98. The van der Waals surface area contributed by atoms with Gasteiger partial charge in [0.25, 0.3) is 0 Å². The van der Waals surface area contributed by atoms with Crippen molar-refractivity contribution in [3.05, 3.63) is 41.7 Å². The number of rotatable bonds is 9. The van der Waals surface area contributed by atoms with Crippen LogP contribution in [-0.2, 0) is 6.54 Å². The van der Waals surface area contributed by atoms with Crippen molar-refractivity contribution >= 4 is 5.96 Å². The summed E-state index contributed by atoms with van der Waals surface area (Å²) in [6.45, 7) is 8.49. The molecule has 0 fully saturated rings. The summed E-state index contributed by atoms with van der Waals surface area (Å²) in [5, 5.41) is 11.1. The number of aryl methyl sites for hydroxylation is 3. The minimum atomic E-state index is 0.00615. The fourth-order valence-corrected chi connectivity index (χ4v) is 2.73. The molecular formula is C20H31N5O2. The summed E-state index contributed by atoms with van der Waals surface area (Å²) < 4.78 is 13.1. The molecule has 1 atom stereocenters. The van der Waals surface area contributed by atoms with Gasteiger partial charge in [-0.3, -0.25) is 9.67 Å². The van der Waals surface area contributed by atoms with Gasteiger partial charge in [-0.15, -0.1) is 0 Å². The third-order valence-electron chi connectivity index (χ3n) is 4.12. The molecule has 0 aliphatic carbocycles. The van der Waals surface area contributed by atoms with Gasteiger partial charge in [0.1, 0.15) is 17.6 Å². The van der Waals surface area contributed by atoms with Crippen molar-refractivity contribution in [1.29, 1.82) is 0 Å². The van der Waals surface area contributed by atoms with Crippen LogP contribution in [0.15, 0.2) is 35.3 Å². The van der Waals surface area contributed by atoms with Crippen molar-refractivity contribution in [3.63, 3.8) is 0 Å². The largest absolute Gasteiger partial charge is 0.497 e. The highest BCUT2D eigenvalue weighted by Gasteiger charge is 2.06. The highest BCUT2D eigenvalue weighted by atomic mass is 16.5. The van der Waals surface area contributed by atoms with Crippen molar-refractivity contribution in [3.8, 4) is 11.5 Å². The number of methoxy groups -OCH3 is 1. The van der Waals surface area contributed by atoms with Gasteiger partial charge in [0.05, 0.1) is 19.3 Å². The van der Waals surface area contributed by atoms with Crippen LogP contribution in [0.5, 0.6) is 11.5 Å². The molecule has 0 aliphatic heterocycles. The standard InChI is InChI=1S/C20H31N5O2/c1-15-13-16(2)25(24-15)12-6-11-22-20(21-4)23-14-17(3)27-19-9-7-18(26-5)8-10-19/h7-10,13,17H,6,11-12,14H2,1-5H3,(H2,21,22,23). The van der Waals surface area contributed by atoms with Crippen LogP contribution < -0.4 is 20.1 Å². The molecule has 148 valence electrons. The van der Waals surface area contributed by atoms with Gasteiger partial charge in [-0.1, -0.05) is 0 Å². The molecule has 0 aliphatic rings. The lowest BCUT2D eigenvalue weighted by atomic mass is 10.3. The predicted molar refractivity (Wildman–Crippen MR) is 109 cm³/mol. The van der Waals surface area contributed by atoms with Crippen LogP contribution in [0.25, 0.3) is 0 Å². The fraction of sp³-hybridized carbons (Fsp3) is 0.500. The zero-order valence-electron chi connectivity index (χ0n) is 17.0. The van der Waals surface area contributed by atoms with Crippen molar-refractivity contribution < 1.29 is 9.47 Å². The molecule has 1 aromatic heterocycles. The molecule has 1 heterocycles. The van der Waals surface area contributed by atoms with Gasteiger partial charge >= 0.3 is 0 Å². The van der Waals surface area contributed by atoms with E-state index in [0.717, 1.165) is 42.7 Å². The molecule has 7 heteroatoms. The number of benzene rings is 1. The van der Waals surface area contributed by atoms with Gasteiger partial charge in [0, 0.05) is 25.8 Å². The maximum atomic E-state index is 5.90. The average molecular weight is 374 g/mol. The Bertz CT molecular complexity index is 724. The zero-order chi connectivity index (χ0) is 19.6. The second-order valence-corrected chi connectivity index (χ2v) is 6.49. The molecular weight excluding hydrogens is 342 g/mol. The first-order valence-corrected chi connectivity index (χ1v) is 9.28. The van der Waals surface area contributed by atoms with E-state index in [4.69, 9.17) is 9.47 Å². The van der Waals surface area contributed by atoms with Crippen molar-refractivity contribution in [2.24, 2.45) is 4.99 Å². The molecule has 0 spiro atoms. The Labute approximate surface area is 161 Å². The molecule has 7 nitrogen and oxygen atoms in total. The molecule has 0 saturated carbocycles. The van der Waals surface area contributed by atoms with E-state index >= 15 is 0 Å². The number of ether oxygens (including phenoxy) is 2. The van der Waals surface area contributed by atoms with Gasteiger partial charge < -0.3 is 20.1 Å². The van der Waals surface area contributed by atoms with Gasteiger partial charge in [-0.25, -0.2) is 0 Å². The summed E-state index contributed by atoms with van der Waals surface area (Å²) in [7, 11) is 3.42. The van der Waals surface area contributed by atoms with Crippen LogP contribution in [-0.4, -0.2) is 49.1 Å². The van der Waals surface area contributed by atoms with E-state index in [0.29, 0.717) is 6.54 Å². The van der Waals surface area contributed by atoms with E-state index in [1.807, 2.05) is 42.8 Å². The SMILES string of the molecule is CN=C(NCCCn1nc(C)cc1C)NCC(C)Oc1ccc(OC)cc1. The minimum absolute atomic E-state index is 0.00615. The smallest absolute Gasteiger partial charge is 0.191 e. The Morgan fingerprint density at radius 3 is 2.48 bits per heavy atom. The molecule has 0 amide bonds. The lowest BCUT2D eigenvalue weighted by molar-refractivity contribution is 0.223. The third-order valence-corrected chi connectivity index (χ3v) is 4.12. The fourth-order valence-electron chi connectivity index (χ4n) is 2.73. The summed E-state index contributed by atoms with van der Waals surface area (Å²) in [5.41, 5.74) is 2.25. The van der Waals surface area contributed by atoms with Crippen molar-refractivity contribution in [2.45, 2.75) is 39.8 Å². The number of aliphatic imine (C=N–C) groups is 1. The third kappa shape index (κ3) is 6.84. The minimum Gasteiger partial charge on any atom is -0.497 e. The number of nitrogens with one attached hydrogen (secondary N) is 2. The van der Waals surface area contributed by atoms with E-state index in [1.54, 1.807) is 14.2 Å². The zero-order valence-corrected chi connectivity index (χ0v) is 17.0. The lowest BCUT2D eigenvalue weighted by Crippen LogP contribution is -2.42. The Balaban J connectivity index is 1.67. The number of guanidine groups is 1. The lowest BCUT2D eigenvalue weighted by Gasteiger charge is -2.18. The van der Waals surface area contributed by atoms with E-state index in [1.165, 1.54) is 5.69 Å². The number of aromatic nitrogens is 2. The van der Waals surface area contributed by atoms with Crippen LogP contribution in [0.3, 0.4) is 0 Å². The van der Waals surface area contributed by atoms with Gasteiger partial charge in [0.15, 0.2) is 5.96 Å². The highest BCUT2D eigenvalue weighted by Crippen LogP contribution is 2.17. The summed E-state index contributed by atoms with van der Waals surface area (Å²) in [5.74, 6) is 2.41. The molecule has 2 aromatic rings. The van der Waals surface area contributed by atoms with E-state index in [2.05, 4.69) is 33.7 Å². The second-order valence-electron chi connectivity index (χ2n) is 6.49. The predicted octanol–water partition coefficient (Wildman–Crippen LogP) is 2.53. The van der Waals surface area contributed by atoms with E-state index < -0.39 is 0 Å². The van der Waals surface area contributed by atoms with Crippen LogP contribution >= 0.6 is 0 Å². The van der Waals surface area contributed by atoms with Gasteiger partial charge in [0.2, 0.25) is 0 Å². The monoisotopic (exact) mass is 373 g/mol. The molecule has 27 heavy (non-hydrogen) atoms. The Hall–Kier alpha value is -2.70. The molecule has 2 N–H and O–H groups in total. The summed E-state index contributed by atoms with van der Waals surface area (Å²) in [6, 6.07) is 9.68. The van der Waals surface area contributed by atoms with Crippen LogP contribution in [0, 0.1) is 13.8 Å². The maximum Gasteiger partial charge on any atom is 0.191 e. The molecule has 0 saturated heterocycles. The first-order valence-electron chi connectivity index (χ1n) is 9.28. The van der Waals surface area contributed by atoms with E-state index in [-0.39, 0.29) is 6.10 Å². The molecule has 0 bridgehead atoms. The van der Waals surface area contributed by atoms with E-state index in [9.17, 15) is 0 Å². The molecule has 1 unspecified atom stereocenters. The molecule has 2 rings (SSSR count).